The van der Waals surface area contributed by atoms with E-state index in [0.717, 1.165) is 59.9 Å². The van der Waals surface area contributed by atoms with Crippen LogP contribution < -0.4 is 20.3 Å². The number of aromatic nitrogens is 4. The van der Waals surface area contributed by atoms with Crippen molar-refractivity contribution in [2.45, 2.75) is 12.8 Å². The molecule has 2 aromatic carbocycles. The average molecular weight is 520 g/mol. The Bertz CT molecular complexity index is 1380. The number of hydrogen-bond acceptors (Lipinski definition) is 8. The summed E-state index contributed by atoms with van der Waals surface area (Å²) in [6.45, 7) is 1.52. The first-order valence-corrected chi connectivity index (χ1v) is 13.6. The minimum Gasteiger partial charge on any atom is -0.497 e. The molecule has 1 aliphatic carbocycles. The quantitative estimate of drug-likeness (QED) is 0.352. The summed E-state index contributed by atoms with van der Waals surface area (Å²) in [5, 5.41) is 14.4. The highest BCUT2D eigenvalue weighted by atomic mass is 32.2. The van der Waals surface area contributed by atoms with Crippen LogP contribution in [0.4, 0.5) is 23.1 Å². The number of ether oxygens (including phenoxy) is 1. The van der Waals surface area contributed by atoms with Crippen LogP contribution in [0.3, 0.4) is 0 Å². The fourth-order valence-electron chi connectivity index (χ4n) is 3.90. The topological polar surface area (TPSA) is 125 Å². The lowest BCUT2D eigenvalue weighted by atomic mass is 10.2. The summed E-state index contributed by atoms with van der Waals surface area (Å²) in [6, 6.07) is 17.2. The monoisotopic (exact) mass is 519 g/mol. The maximum atomic E-state index is 11.5. The molecule has 1 aliphatic heterocycles. The molecule has 3 N–H and O–H groups in total. The Morgan fingerprint density at radius 1 is 1.08 bits per heavy atom. The molecule has 11 heteroatoms. The van der Waals surface area contributed by atoms with Crippen LogP contribution in [0.2, 0.25) is 0 Å². The summed E-state index contributed by atoms with van der Waals surface area (Å²) < 4.78 is 16.5. The number of methoxy groups -OCH3 is 1. The molecule has 0 spiro atoms. The molecule has 0 radical (unpaired) electrons. The lowest BCUT2D eigenvalue weighted by molar-refractivity contribution is -0.117. The minimum absolute atomic E-state index is 0.134. The van der Waals surface area contributed by atoms with Gasteiger partial charge < -0.3 is 20.3 Å². The Labute approximate surface area is 217 Å². The van der Waals surface area contributed by atoms with Crippen molar-refractivity contribution in [1.29, 1.82) is 0 Å². The predicted octanol–water partition coefficient (Wildman–Crippen LogP) is 3.71. The number of fused-ring (bicyclic) bond motifs is 1. The van der Waals surface area contributed by atoms with E-state index in [-0.39, 0.29) is 11.8 Å². The lowest BCUT2D eigenvalue weighted by Crippen LogP contribution is -2.38. The molecule has 1 saturated carbocycles. The third-order valence-corrected chi connectivity index (χ3v) is 7.45. The summed E-state index contributed by atoms with van der Waals surface area (Å²) in [6.07, 6.45) is 3.60. The van der Waals surface area contributed by atoms with E-state index in [4.69, 9.17) is 4.74 Å². The van der Waals surface area contributed by atoms with Crippen molar-refractivity contribution in [2.75, 3.05) is 47.2 Å². The molecule has 1 saturated heterocycles. The largest absolute Gasteiger partial charge is 0.497 e. The highest BCUT2D eigenvalue weighted by Crippen LogP contribution is 2.30. The molecular weight excluding hydrogens is 490 g/mol. The minimum atomic E-state index is -0.697. The Kier molecular flexibility index (Phi) is 7.59. The second kappa shape index (κ2) is 11.4. The van der Waals surface area contributed by atoms with Crippen LogP contribution in [-0.4, -0.2) is 62.0 Å². The molecule has 37 heavy (non-hydrogen) atoms. The number of carbonyl (C=O) groups is 1. The molecule has 192 valence electrons. The summed E-state index contributed by atoms with van der Waals surface area (Å²) >= 11 is 0. The van der Waals surface area contributed by atoms with Crippen molar-refractivity contribution in [2.24, 2.45) is 5.92 Å². The van der Waals surface area contributed by atoms with Crippen molar-refractivity contribution >= 4 is 50.8 Å². The van der Waals surface area contributed by atoms with Gasteiger partial charge in [-0.05, 0) is 49.2 Å². The van der Waals surface area contributed by atoms with Gasteiger partial charge >= 0.3 is 0 Å². The number of H-pyrrole nitrogens is 1. The fraction of sp³-hybridized carbons (Fsp3) is 0.308. The van der Waals surface area contributed by atoms with E-state index >= 15 is 0 Å². The lowest BCUT2D eigenvalue weighted by Gasteiger charge is -2.27. The number of carbonyl (C=O) groups excluding carboxylic acids is 1. The maximum absolute atomic E-state index is 11.5. The van der Waals surface area contributed by atoms with Crippen LogP contribution in [-0.2, 0) is 15.6 Å². The zero-order valence-electron chi connectivity index (χ0n) is 20.5. The molecule has 10 nitrogen and oxygen atoms in total. The second-order valence-corrected chi connectivity index (χ2v) is 10.5. The molecule has 2 aliphatic rings. The van der Waals surface area contributed by atoms with Crippen LogP contribution in [0.25, 0.3) is 10.9 Å². The summed E-state index contributed by atoms with van der Waals surface area (Å²) in [4.78, 5) is 22.1. The number of amides is 1. The van der Waals surface area contributed by atoms with Gasteiger partial charge in [0.1, 0.15) is 23.7 Å². The first-order chi connectivity index (χ1) is 18.1. The van der Waals surface area contributed by atoms with Crippen molar-refractivity contribution < 1.29 is 13.7 Å². The predicted molar refractivity (Wildman–Crippen MR) is 146 cm³/mol. The molecule has 3 heterocycles. The highest BCUT2D eigenvalue weighted by Gasteiger charge is 2.29. The molecule has 0 bridgehead atoms. The van der Waals surface area contributed by atoms with E-state index in [0.29, 0.717) is 17.3 Å². The van der Waals surface area contributed by atoms with E-state index in [1.165, 1.54) is 6.33 Å². The van der Waals surface area contributed by atoms with Gasteiger partial charge in [0, 0.05) is 58.5 Å². The van der Waals surface area contributed by atoms with Gasteiger partial charge in [0.05, 0.1) is 12.6 Å². The highest BCUT2D eigenvalue weighted by molar-refractivity contribution is 7.85. The number of anilines is 4. The maximum Gasteiger partial charge on any atom is 0.227 e. The Hall–Kier alpha value is -3.99. The summed E-state index contributed by atoms with van der Waals surface area (Å²) in [5.41, 5.74) is 1.81. The van der Waals surface area contributed by atoms with Gasteiger partial charge in [0.2, 0.25) is 5.91 Å². The number of benzene rings is 2. The van der Waals surface area contributed by atoms with Gasteiger partial charge in [-0.2, -0.15) is 5.10 Å². The third kappa shape index (κ3) is 6.42. The Balaban J connectivity index is 0.000000171. The van der Waals surface area contributed by atoms with Gasteiger partial charge in [-0.1, -0.05) is 12.1 Å². The molecule has 2 aromatic heterocycles. The average Bonchev–Trinajstić information content (AvgIpc) is 3.72. The van der Waals surface area contributed by atoms with E-state index < -0.39 is 10.8 Å². The van der Waals surface area contributed by atoms with E-state index in [1.54, 1.807) is 7.11 Å². The number of para-hydroxylation sites is 1. The number of hydrogen-bond donors (Lipinski definition) is 3. The van der Waals surface area contributed by atoms with Crippen LogP contribution in [0.5, 0.6) is 5.75 Å². The van der Waals surface area contributed by atoms with Crippen LogP contribution >= 0.6 is 0 Å². The SMILES string of the molecule is COc1ccc(NC(=O)C2CC2)cc1.O=S1CCN(c2cc(Nc3n[nH]c4ccccc34)ncn2)CC1. The number of nitrogens with one attached hydrogen (secondary N) is 3. The van der Waals surface area contributed by atoms with Crippen molar-refractivity contribution in [3.05, 3.63) is 60.9 Å². The Morgan fingerprint density at radius 2 is 1.84 bits per heavy atom. The van der Waals surface area contributed by atoms with Gasteiger partial charge in [0.25, 0.3) is 0 Å². The number of nitrogens with zero attached hydrogens (tertiary/aromatic N) is 4. The second-order valence-electron chi connectivity index (χ2n) is 8.83. The zero-order chi connectivity index (χ0) is 25.6. The molecule has 0 unspecified atom stereocenters. The zero-order valence-corrected chi connectivity index (χ0v) is 21.3. The van der Waals surface area contributed by atoms with Gasteiger partial charge in [-0.25, -0.2) is 9.97 Å². The molecule has 6 rings (SSSR count). The van der Waals surface area contributed by atoms with Crippen molar-refractivity contribution in [1.82, 2.24) is 20.2 Å². The normalized spacial score (nSPS) is 15.5. The first kappa shape index (κ1) is 24.7. The molecule has 2 fully saturated rings. The van der Waals surface area contributed by atoms with E-state index in [2.05, 4.69) is 35.7 Å². The van der Waals surface area contributed by atoms with Crippen LogP contribution in [0, 0.1) is 5.92 Å². The van der Waals surface area contributed by atoms with Gasteiger partial charge in [-0.15, -0.1) is 0 Å². The molecule has 4 aromatic rings. The van der Waals surface area contributed by atoms with Gasteiger partial charge in [0.15, 0.2) is 5.82 Å². The van der Waals surface area contributed by atoms with Crippen molar-refractivity contribution in [3.8, 4) is 5.75 Å². The smallest absolute Gasteiger partial charge is 0.227 e. The first-order valence-electron chi connectivity index (χ1n) is 12.2. The standard InChI is InChI=1S/C15H16N6OS.C11H13NO2/c22-23-7-5-21(6-8-23)14-9-13(16-10-17-14)18-15-11-3-1-2-4-12(11)19-20-15;1-14-10-6-4-9(5-7-10)12-11(13)8-2-3-8/h1-4,9-10H,5-8H2,(H2,16,17,18,19,20);4-8H,2-3H2,1H3,(H,12,13). The summed E-state index contributed by atoms with van der Waals surface area (Å²) in [7, 11) is 0.926. The van der Waals surface area contributed by atoms with Crippen LogP contribution in [0.15, 0.2) is 60.9 Å². The number of aromatic amines is 1. The van der Waals surface area contributed by atoms with Crippen LogP contribution in [0.1, 0.15) is 12.8 Å². The molecule has 0 atom stereocenters. The molecular formula is C26H29N7O3S. The van der Waals surface area contributed by atoms with E-state index in [1.807, 2.05) is 54.6 Å². The fourth-order valence-corrected chi connectivity index (χ4v) is 4.95. The number of rotatable bonds is 6. The summed E-state index contributed by atoms with van der Waals surface area (Å²) in [5.74, 6) is 4.85. The van der Waals surface area contributed by atoms with Gasteiger partial charge in [-0.3, -0.25) is 14.1 Å². The van der Waals surface area contributed by atoms with Crippen molar-refractivity contribution in [3.63, 3.8) is 0 Å². The Morgan fingerprint density at radius 3 is 2.57 bits per heavy atom. The third-order valence-electron chi connectivity index (χ3n) is 6.18. The molecule has 1 amide bonds. The van der Waals surface area contributed by atoms with E-state index in [9.17, 15) is 9.00 Å².